The Morgan fingerprint density at radius 1 is 1.73 bits per heavy atom. The first-order chi connectivity index (χ1) is 6.65. The standard InChI is InChI=1S/C8H9NO5.K/c10-2-1-4-7(8(12)13)9-5(11)3-6(9)14-4;/h1,6-7,10H,2-3H2,(H,12,13);/q;+1/p-1/t6-,7-;/m1./s1. The molecule has 2 atom stereocenters. The van der Waals surface area contributed by atoms with Crippen LogP contribution < -0.4 is 56.5 Å². The summed E-state index contributed by atoms with van der Waals surface area (Å²) >= 11 is 0. The van der Waals surface area contributed by atoms with E-state index in [4.69, 9.17) is 9.84 Å². The van der Waals surface area contributed by atoms with Crippen LogP contribution in [0, 0.1) is 0 Å². The molecule has 0 unspecified atom stereocenters. The van der Waals surface area contributed by atoms with Crippen molar-refractivity contribution in [3.8, 4) is 0 Å². The Hall–Kier alpha value is 0.0764. The number of aliphatic hydroxyl groups is 1. The predicted octanol–water partition coefficient (Wildman–Crippen LogP) is -5.43. The summed E-state index contributed by atoms with van der Waals surface area (Å²) in [4.78, 5) is 22.9. The average molecular weight is 237 g/mol. The predicted molar refractivity (Wildman–Crippen MR) is 40.3 cm³/mol. The molecule has 76 valence electrons. The van der Waals surface area contributed by atoms with Gasteiger partial charge in [-0.05, 0) is 6.08 Å². The summed E-state index contributed by atoms with van der Waals surface area (Å²) < 4.78 is 5.13. The molecular formula is C8H8KNO5. The van der Waals surface area contributed by atoms with Gasteiger partial charge in [0.15, 0.2) is 6.23 Å². The van der Waals surface area contributed by atoms with Crippen LogP contribution in [0.4, 0.5) is 0 Å². The van der Waals surface area contributed by atoms with Crippen molar-refractivity contribution in [2.75, 3.05) is 6.61 Å². The molecule has 1 N–H and O–H groups in total. The zero-order chi connectivity index (χ0) is 10.3. The SMILES string of the molecule is O=C([O-])[C@H]1C(=CCO)O[C@@H]2CC(=O)N12.[K+]. The Balaban J connectivity index is 0.00000112. The van der Waals surface area contributed by atoms with Crippen molar-refractivity contribution >= 4 is 11.9 Å². The van der Waals surface area contributed by atoms with Gasteiger partial charge in [-0.3, -0.25) is 9.69 Å². The number of nitrogens with zero attached hydrogens (tertiary/aromatic N) is 1. The van der Waals surface area contributed by atoms with Gasteiger partial charge in [0, 0.05) is 0 Å². The summed E-state index contributed by atoms with van der Waals surface area (Å²) in [7, 11) is 0. The van der Waals surface area contributed by atoms with Crippen LogP contribution in [-0.4, -0.2) is 40.8 Å². The number of fused-ring (bicyclic) bond motifs is 1. The monoisotopic (exact) mass is 237 g/mol. The third kappa shape index (κ3) is 2.13. The number of carbonyl (C=O) groups is 2. The third-order valence-electron chi connectivity index (χ3n) is 2.28. The van der Waals surface area contributed by atoms with Gasteiger partial charge in [0.1, 0.15) is 11.8 Å². The Kier molecular flexibility index (Phi) is 4.33. The quantitative estimate of drug-likeness (QED) is 0.382. The fourth-order valence-corrected chi connectivity index (χ4v) is 1.65. The van der Waals surface area contributed by atoms with Crippen molar-refractivity contribution in [3.05, 3.63) is 11.8 Å². The molecule has 2 aliphatic rings. The van der Waals surface area contributed by atoms with Crippen molar-refractivity contribution in [2.45, 2.75) is 18.7 Å². The van der Waals surface area contributed by atoms with Gasteiger partial charge in [-0.1, -0.05) is 0 Å². The van der Waals surface area contributed by atoms with Crippen LogP contribution in [0.25, 0.3) is 0 Å². The summed E-state index contributed by atoms with van der Waals surface area (Å²) in [6.45, 7) is -0.326. The van der Waals surface area contributed by atoms with E-state index in [9.17, 15) is 14.7 Å². The summed E-state index contributed by atoms with van der Waals surface area (Å²) in [5.41, 5.74) is 0. The van der Waals surface area contributed by atoms with E-state index in [-0.39, 0.29) is 76.1 Å². The maximum absolute atomic E-state index is 11.0. The second-order valence-electron chi connectivity index (χ2n) is 3.09. The van der Waals surface area contributed by atoms with Crippen LogP contribution in [0.5, 0.6) is 0 Å². The van der Waals surface area contributed by atoms with E-state index in [0.29, 0.717) is 0 Å². The first-order valence-corrected chi connectivity index (χ1v) is 4.14. The number of hydrogen-bond acceptors (Lipinski definition) is 5. The minimum absolute atomic E-state index is 0. The molecule has 2 saturated heterocycles. The minimum atomic E-state index is -1.39. The van der Waals surface area contributed by atoms with E-state index in [0.717, 1.165) is 4.90 Å². The minimum Gasteiger partial charge on any atom is -0.547 e. The molecule has 7 heteroatoms. The molecule has 2 heterocycles. The normalized spacial score (nSPS) is 30.3. The Morgan fingerprint density at radius 3 is 2.87 bits per heavy atom. The molecule has 0 aliphatic carbocycles. The number of ether oxygens (including phenoxy) is 1. The number of carbonyl (C=O) groups excluding carboxylic acids is 2. The summed E-state index contributed by atoms with van der Waals surface area (Å²) in [5, 5.41) is 19.3. The van der Waals surface area contributed by atoms with Crippen LogP contribution in [0.3, 0.4) is 0 Å². The number of rotatable bonds is 2. The Labute approximate surface area is 128 Å². The van der Waals surface area contributed by atoms with Gasteiger partial charge in [0.05, 0.1) is 19.0 Å². The number of hydrogen-bond donors (Lipinski definition) is 1. The van der Waals surface area contributed by atoms with E-state index in [2.05, 4.69) is 0 Å². The Morgan fingerprint density at radius 2 is 2.40 bits per heavy atom. The second kappa shape index (κ2) is 4.94. The van der Waals surface area contributed by atoms with E-state index in [1.54, 1.807) is 0 Å². The molecule has 2 aliphatic heterocycles. The zero-order valence-electron chi connectivity index (χ0n) is 8.17. The van der Waals surface area contributed by atoms with E-state index < -0.39 is 18.2 Å². The number of β-lactam (4-membered cyclic amide) rings is 1. The smallest absolute Gasteiger partial charge is 0.547 e. The van der Waals surface area contributed by atoms with Crippen LogP contribution >= 0.6 is 0 Å². The van der Waals surface area contributed by atoms with E-state index in [1.807, 2.05) is 0 Å². The molecule has 2 fully saturated rings. The number of amides is 1. The van der Waals surface area contributed by atoms with Gasteiger partial charge in [-0.25, -0.2) is 0 Å². The van der Waals surface area contributed by atoms with Gasteiger partial charge in [-0.2, -0.15) is 0 Å². The summed E-state index contributed by atoms with van der Waals surface area (Å²) in [5.74, 6) is -1.57. The van der Waals surface area contributed by atoms with Gasteiger partial charge >= 0.3 is 51.4 Å². The van der Waals surface area contributed by atoms with Gasteiger partial charge in [0.2, 0.25) is 5.91 Å². The summed E-state index contributed by atoms with van der Waals surface area (Å²) in [6.07, 6.45) is 0.918. The fourth-order valence-electron chi connectivity index (χ4n) is 1.65. The molecule has 0 saturated carbocycles. The van der Waals surface area contributed by atoms with Crippen LogP contribution in [0.2, 0.25) is 0 Å². The Bertz CT molecular complexity index is 329. The van der Waals surface area contributed by atoms with Crippen molar-refractivity contribution in [1.29, 1.82) is 0 Å². The number of carboxylic acid groups (broad SMARTS) is 1. The molecule has 0 spiro atoms. The van der Waals surface area contributed by atoms with Crippen LogP contribution in [0.1, 0.15) is 6.42 Å². The summed E-state index contributed by atoms with van der Waals surface area (Å²) in [6, 6.07) is -1.17. The van der Waals surface area contributed by atoms with Crippen molar-refractivity contribution < 1.29 is 75.9 Å². The fraction of sp³-hybridized carbons (Fsp3) is 0.500. The molecule has 0 aromatic heterocycles. The topological polar surface area (TPSA) is 89.9 Å². The number of carboxylic acids is 1. The van der Waals surface area contributed by atoms with E-state index >= 15 is 0 Å². The molecule has 6 nitrogen and oxygen atoms in total. The van der Waals surface area contributed by atoms with Gasteiger partial charge < -0.3 is 19.7 Å². The molecule has 0 bridgehead atoms. The molecule has 0 aromatic rings. The van der Waals surface area contributed by atoms with Crippen molar-refractivity contribution in [1.82, 2.24) is 4.90 Å². The molecular weight excluding hydrogens is 229 g/mol. The maximum Gasteiger partial charge on any atom is 1.00 e. The van der Waals surface area contributed by atoms with Gasteiger partial charge in [-0.15, -0.1) is 0 Å². The maximum atomic E-state index is 11.0. The molecule has 2 rings (SSSR count). The molecule has 1 amide bonds. The average Bonchev–Trinajstić information content (AvgIpc) is 2.39. The van der Waals surface area contributed by atoms with Crippen molar-refractivity contribution in [3.63, 3.8) is 0 Å². The number of aliphatic carboxylic acids is 1. The molecule has 0 radical (unpaired) electrons. The van der Waals surface area contributed by atoms with Crippen molar-refractivity contribution in [2.24, 2.45) is 0 Å². The zero-order valence-corrected chi connectivity index (χ0v) is 11.3. The molecule has 15 heavy (non-hydrogen) atoms. The number of aliphatic hydroxyl groups excluding tert-OH is 1. The van der Waals surface area contributed by atoms with Crippen LogP contribution in [-0.2, 0) is 14.3 Å². The molecule has 0 aromatic carbocycles. The first kappa shape index (κ1) is 13.1. The third-order valence-corrected chi connectivity index (χ3v) is 2.28. The van der Waals surface area contributed by atoms with Gasteiger partial charge in [0.25, 0.3) is 0 Å². The second-order valence-corrected chi connectivity index (χ2v) is 3.09. The van der Waals surface area contributed by atoms with E-state index in [1.165, 1.54) is 6.08 Å². The largest absolute Gasteiger partial charge is 1.00 e. The first-order valence-electron chi connectivity index (χ1n) is 4.14. The van der Waals surface area contributed by atoms with Crippen LogP contribution in [0.15, 0.2) is 11.8 Å².